The predicted molar refractivity (Wildman–Crippen MR) is 61.6 cm³/mol. The average Bonchev–Trinajstić information content (AvgIpc) is 2.62. The van der Waals surface area contributed by atoms with Gasteiger partial charge in [0.2, 0.25) is 0 Å². The SMILES string of the molecule is CCCn1cnnc1C(N)CCS(C)(=O)=O. The number of aromatic nitrogens is 3. The Kier molecular flexibility index (Phi) is 4.43. The van der Waals surface area contributed by atoms with E-state index in [1.807, 2.05) is 11.5 Å². The summed E-state index contributed by atoms with van der Waals surface area (Å²) >= 11 is 0. The highest BCUT2D eigenvalue weighted by Gasteiger charge is 2.15. The lowest BCUT2D eigenvalue weighted by Crippen LogP contribution is -2.20. The first-order valence-corrected chi connectivity index (χ1v) is 7.31. The molecule has 7 heteroatoms. The van der Waals surface area contributed by atoms with Gasteiger partial charge in [0.1, 0.15) is 22.0 Å². The van der Waals surface area contributed by atoms with E-state index < -0.39 is 9.84 Å². The summed E-state index contributed by atoms with van der Waals surface area (Å²) in [4.78, 5) is 0. The van der Waals surface area contributed by atoms with Crippen molar-refractivity contribution in [2.75, 3.05) is 12.0 Å². The van der Waals surface area contributed by atoms with Gasteiger partial charge in [0.05, 0.1) is 11.8 Å². The number of nitrogens with zero attached hydrogens (tertiary/aromatic N) is 3. The van der Waals surface area contributed by atoms with Crippen LogP contribution in [0.15, 0.2) is 6.33 Å². The monoisotopic (exact) mass is 246 g/mol. The van der Waals surface area contributed by atoms with Crippen molar-refractivity contribution in [3.8, 4) is 0 Å². The summed E-state index contributed by atoms with van der Waals surface area (Å²) in [5, 5.41) is 7.72. The lowest BCUT2D eigenvalue weighted by atomic mass is 10.2. The van der Waals surface area contributed by atoms with Crippen molar-refractivity contribution in [1.82, 2.24) is 14.8 Å². The van der Waals surface area contributed by atoms with E-state index in [-0.39, 0.29) is 11.8 Å². The van der Waals surface area contributed by atoms with Gasteiger partial charge in [-0.3, -0.25) is 0 Å². The fourth-order valence-corrected chi connectivity index (χ4v) is 2.12. The Morgan fingerprint density at radius 3 is 2.81 bits per heavy atom. The van der Waals surface area contributed by atoms with Crippen molar-refractivity contribution in [3.63, 3.8) is 0 Å². The molecular weight excluding hydrogens is 228 g/mol. The zero-order valence-electron chi connectivity index (χ0n) is 9.63. The molecule has 0 radical (unpaired) electrons. The van der Waals surface area contributed by atoms with Crippen LogP contribution in [-0.4, -0.2) is 35.2 Å². The number of hydrogen-bond donors (Lipinski definition) is 1. The number of sulfone groups is 1. The summed E-state index contributed by atoms with van der Waals surface area (Å²) in [7, 11) is -2.97. The van der Waals surface area contributed by atoms with E-state index in [1.165, 1.54) is 6.26 Å². The molecule has 1 rings (SSSR count). The summed E-state index contributed by atoms with van der Waals surface area (Å²) in [6.07, 6.45) is 4.17. The Labute approximate surface area is 95.8 Å². The van der Waals surface area contributed by atoms with Gasteiger partial charge < -0.3 is 10.3 Å². The summed E-state index contributed by atoms with van der Waals surface area (Å²) < 4.78 is 23.9. The minimum atomic E-state index is -2.97. The molecule has 0 bridgehead atoms. The third kappa shape index (κ3) is 3.90. The quantitative estimate of drug-likeness (QED) is 0.770. The molecule has 0 aliphatic heterocycles. The van der Waals surface area contributed by atoms with Gasteiger partial charge in [-0.1, -0.05) is 6.92 Å². The van der Waals surface area contributed by atoms with E-state index in [4.69, 9.17) is 5.73 Å². The molecule has 1 atom stereocenters. The van der Waals surface area contributed by atoms with E-state index in [2.05, 4.69) is 10.2 Å². The van der Waals surface area contributed by atoms with Crippen molar-refractivity contribution >= 4 is 9.84 Å². The molecule has 0 saturated heterocycles. The Hall–Kier alpha value is -0.950. The van der Waals surface area contributed by atoms with Crippen LogP contribution in [0.25, 0.3) is 0 Å². The van der Waals surface area contributed by atoms with Crippen LogP contribution >= 0.6 is 0 Å². The molecule has 0 aliphatic carbocycles. The molecule has 16 heavy (non-hydrogen) atoms. The Morgan fingerprint density at radius 1 is 1.56 bits per heavy atom. The second-order valence-corrected chi connectivity index (χ2v) is 6.17. The van der Waals surface area contributed by atoms with E-state index in [0.717, 1.165) is 13.0 Å². The van der Waals surface area contributed by atoms with Gasteiger partial charge in [0, 0.05) is 12.8 Å². The van der Waals surface area contributed by atoms with E-state index in [1.54, 1.807) is 6.33 Å². The first-order valence-electron chi connectivity index (χ1n) is 5.25. The Balaban J connectivity index is 2.65. The van der Waals surface area contributed by atoms with Gasteiger partial charge in [-0.05, 0) is 12.8 Å². The summed E-state index contributed by atoms with van der Waals surface area (Å²) in [6.45, 7) is 2.85. The van der Waals surface area contributed by atoms with Crippen LogP contribution in [0.4, 0.5) is 0 Å². The van der Waals surface area contributed by atoms with Crippen LogP contribution in [0.3, 0.4) is 0 Å². The zero-order valence-corrected chi connectivity index (χ0v) is 10.4. The van der Waals surface area contributed by atoms with E-state index in [9.17, 15) is 8.42 Å². The topological polar surface area (TPSA) is 90.9 Å². The molecule has 1 aromatic rings. The Bertz CT molecular complexity index is 426. The minimum absolute atomic E-state index is 0.0765. The first kappa shape index (κ1) is 13.1. The second-order valence-electron chi connectivity index (χ2n) is 3.91. The van der Waals surface area contributed by atoms with Gasteiger partial charge in [0.15, 0.2) is 0 Å². The van der Waals surface area contributed by atoms with Crippen molar-refractivity contribution in [3.05, 3.63) is 12.2 Å². The average molecular weight is 246 g/mol. The highest BCUT2D eigenvalue weighted by Crippen LogP contribution is 2.12. The van der Waals surface area contributed by atoms with E-state index in [0.29, 0.717) is 12.2 Å². The standard InChI is InChI=1S/C9H18N4O2S/c1-3-5-13-7-11-12-9(13)8(10)4-6-16(2,14)15/h7-8H,3-6,10H2,1-2H3. The largest absolute Gasteiger partial charge is 0.321 e. The van der Waals surface area contributed by atoms with Crippen molar-refractivity contribution in [2.45, 2.75) is 32.4 Å². The maximum absolute atomic E-state index is 11.0. The molecule has 0 fully saturated rings. The van der Waals surface area contributed by atoms with Gasteiger partial charge in [-0.2, -0.15) is 0 Å². The zero-order chi connectivity index (χ0) is 12.2. The molecule has 0 saturated carbocycles. The van der Waals surface area contributed by atoms with Gasteiger partial charge in [0.25, 0.3) is 0 Å². The van der Waals surface area contributed by atoms with Crippen LogP contribution in [0.2, 0.25) is 0 Å². The number of hydrogen-bond acceptors (Lipinski definition) is 5. The fourth-order valence-electron chi connectivity index (χ4n) is 1.43. The van der Waals surface area contributed by atoms with E-state index >= 15 is 0 Å². The lowest BCUT2D eigenvalue weighted by Gasteiger charge is -2.11. The minimum Gasteiger partial charge on any atom is -0.321 e. The van der Waals surface area contributed by atoms with Crippen LogP contribution in [0, 0.1) is 0 Å². The lowest BCUT2D eigenvalue weighted by molar-refractivity contribution is 0.556. The summed E-state index contributed by atoms with van der Waals surface area (Å²) in [5.41, 5.74) is 5.89. The third-order valence-electron chi connectivity index (χ3n) is 2.24. The van der Waals surface area contributed by atoms with Crippen LogP contribution < -0.4 is 5.73 Å². The molecule has 1 aromatic heterocycles. The summed E-state index contributed by atoms with van der Waals surface area (Å²) in [5.74, 6) is 0.734. The van der Waals surface area contributed by atoms with Crippen LogP contribution in [0.5, 0.6) is 0 Å². The Morgan fingerprint density at radius 2 is 2.25 bits per heavy atom. The van der Waals surface area contributed by atoms with Crippen molar-refractivity contribution in [2.24, 2.45) is 5.73 Å². The number of aryl methyl sites for hydroxylation is 1. The molecular formula is C9H18N4O2S. The van der Waals surface area contributed by atoms with Crippen molar-refractivity contribution < 1.29 is 8.42 Å². The second kappa shape index (κ2) is 5.40. The fraction of sp³-hybridized carbons (Fsp3) is 0.778. The smallest absolute Gasteiger partial charge is 0.149 e. The molecule has 1 heterocycles. The third-order valence-corrected chi connectivity index (χ3v) is 3.22. The highest BCUT2D eigenvalue weighted by molar-refractivity contribution is 7.90. The number of rotatable bonds is 6. The van der Waals surface area contributed by atoms with Gasteiger partial charge in [-0.15, -0.1) is 10.2 Å². The van der Waals surface area contributed by atoms with Gasteiger partial charge in [-0.25, -0.2) is 8.42 Å². The van der Waals surface area contributed by atoms with Crippen LogP contribution in [0.1, 0.15) is 31.6 Å². The molecule has 0 aromatic carbocycles. The molecule has 0 spiro atoms. The maximum Gasteiger partial charge on any atom is 0.149 e. The predicted octanol–water partition coefficient (Wildman–Crippen LogP) is 0.123. The first-order chi connectivity index (χ1) is 7.44. The summed E-state index contributed by atoms with van der Waals surface area (Å²) in [6, 6.07) is -0.372. The van der Waals surface area contributed by atoms with Gasteiger partial charge >= 0.3 is 0 Å². The molecule has 92 valence electrons. The van der Waals surface area contributed by atoms with Crippen LogP contribution in [-0.2, 0) is 16.4 Å². The molecule has 2 N–H and O–H groups in total. The highest BCUT2D eigenvalue weighted by atomic mass is 32.2. The maximum atomic E-state index is 11.0. The molecule has 1 unspecified atom stereocenters. The number of nitrogens with two attached hydrogens (primary N) is 1. The normalized spacial score (nSPS) is 13.9. The molecule has 0 amide bonds. The van der Waals surface area contributed by atoms with Crippen molar-refractivity contribution in [1.29, 1.82) is 0 Å². The molecule has 6 nitrogen and oxygen atoms in total. The molecule has 0 aliphatic rings.